The molecule has 18 heavy (non-hydrogen) atoms. The van der Waals surface area contributed by atoms with E-state index in [1.807, 2.05) is 39.0 Å². The van der Waals surface area contributed by atoms with Gasteiger partial charge in [-0.3, -0.25) is 0 Å². The Morgan fingerprint density at radius 2 is 1.94 bits per heavy atom. The van der Waals surface area contributed by atoms with E-state index < -0.39 is 0 Å². The molecule has 0 bridgehead atoms. The lowest BCUT2D eigenvalue weighted by Gasteiger charge is -2.03. The molecule has 0 N–H and O–H groups in total. The van der Waals surface area contributed by atoms with Gasteiger partial charge in [0.1, 0.15) is 6.33 Å². The summed E-state index contributed by atoms with van der Waals surface area (Å²) in [6, 6.07) is 5.95. The maximum absolute atomic E-state index is 4.24. The molecule has 92 valence electrons. The number of aromatic nitrogens is 5. The first-order valence-corrected chi connectivity index (χ1v) is 5.92. The molecule has 1 aromatic carbocycles. The van der Waals surface area contributed by atoms with E-state index in [2.05, 4.69) is 20.3 Å². The first-order valence-electron chi connectivity index (χ1n) is 5.92. The molecule has 0 saturated heterocycles. The zero-order chi connectivity index (χ0) is 13.0. The monoisotopic (exact) mass is 241 g/mol. The van der Waals surface area contributed by atoms with Crippen LogP contribution in [0.2, 0.25) is 0 Å². The maximum atomic E-state index is 4.24. The van der Waals surface area contributed by atoms with Crippen LogP contribution in [0.15, 0.2) is 36.9 Å². The van der Waals surface area contributed by atoms with Gasteiger partial charge in [-0.15, -0.1) is 5.10 Å². The van der Waals surface area contributed by atoms with Crippen molar-refractivity contribution >= 4 is 10.9 Å². The van der Waals surface area contributed by atoms with E-state index in [0.717, 1.165) is 22.3 Å². The average Bonchev–Trinajstić information content (AvgIpc) is 2.95. The van der Waals surface area contributed by atoms with Crippen molar-refractivity contribution in [3.05, 3.63) is 42.6 Å². The molecule has 3 rings (SSSR count). The average molecular weight is 241 g/mol. The lowest BCUT2D eigenvalue weighted by atomic mass is 10.2. The SMILES string of the molecule is CC.Cc1ncnc2cc(-n3ccnn3)ccc12. The molecule has 0 aliphatic heterocycles. The van der Waals surface area contributed by atoms with Gasteiger partial charge in [0, 0.05) is 11.1 Å². The smallest absolute Gasteiger partial charge is 0.116 e. The van der Waals surface area contributed by atoms with Gasteiger partial charge < -0.3 is 0 Å². The molecule has 0 unspecified atom stereocenters. The zero-order valence-corrected chi connectivity index (χ0v) is 10.7. The molecule has 5 heteroatoms. The Kier molecular flexibility index (Phi) is 3.62. The van der Waals surface area contributed by atoms with Crippen molar-refractivity contribution in [1.82, 2.24) is 25.0 Å². The molecule has 0 aliphatic rings. The van der Waals surface area contributed by atoms with Crippen LogP contribution in [0.5, 0.6) is 0 Å². The van der Waals surface area contributed by atoms with Crippen LogP contribution in [0.4, 0.5) is 0 Å². The highest BCUT2D eigenvalue weighted by Crippen LogP contribution is 2.17. The summed E-state index contributed by atoms with van der Waals surface area (Å²) in [7, 11) is 0. The summed E-state index contributed by atoms with van der Waals surface area (Å²) < 4.78 is 1.71. The molecule has 0 amide bonds. The molecule has 2 aromatic heterocycles. The van der Waals surface area contributed by atoms with Crippen LogP contribution in [0.3, 0.4) is 0 Å². The molecule has 0 atom stereocenters. The van der Waals surface area contributed by atoms with Crippen molar-refractivity contribution in [3.63, 3.8) is 0 Å². The van der Waals surface area contributed by atoms with Crippen LogP contribution in [-0.4, -0.2) is 25.0 Å². The minimum atomic E-state index is 0.917. The summed E-state index contributed by atoms with van der Waals surface area (Å²) in [5.74, 6) is 0. The number of benzene rings is 1. The van der Waals surface area contributed by atoms with E-state index >= 15 is 0 Å². The predicted octanol–water partition coefficient (Wildman–Crippen LogP) is 2.55. The van der Waals surface area contributed by atoms with Gasteiger partial charge >= 0.3 is 0 Å². The minimum absolute atomic E-state index is 0.917. The van der Waals surface area contributed by atoms with Crippen molar-refractivity contribution in [2.45, 2.75) is 20.8 Å². The zero-order valence-electron chi connectivity index (χ0n) is 10.7. The fourth-order valence-corrected chi connectivity index (χ4v) is 1.67. The highest BCUT2D eigenvalue weighted by molar-refractivity contribution is 5.82. The van der Waals surface area contributed by atoms with Crippen LogP contribution in [0, 0.1) is 6.92 Å². The Morgan fingerprint density at radius 3 is 2.67 bits per heavy atom. The van der Waals surface area contributed by atoms with Crippen molar-refractivity contribution in [1.29, 1.82) is 0 Å². The number of hydrogen-bond donors (Lipinski definition) is 0. The topological polar surface area (TPSA) is 56.5 Å². The molecule has 0 fully saturated rings. The first-order chi connectivity index (χ1) is 8.84. The Morgan fingerprint density at radius 1 is 1.11 bits per heavy atom. The number of nitrogens with zero attached hydrogens (tertiary/aromatic N) is 5. The quantitative estimate of drug-likeness (QED) is 0.657. The highest BCUT2D eigenvalue weighted by atomic mass is 15.4. The summed E-state index contributed by atoms with van der Waals surface area (Å²) in [5.41, 5.74) is 2.85. The van der Waals surface area contributed by atoms with E-state index in [-0.39, 0.29) is 0 Å². The largest absolute Gasteiger partial charge is 0.241 e. The third-order valence-corrected chi connectivity index (χ3v) is 2.51. The molecule has 0 radical (unpaired) electrons. The molecule has 2 heterocycles. The van der Waals surface area contributed by atoms with E-state index in [1.54, 1.807) is 23.4 Å². The Hall–Kier alpha value is -2.30. The molecule has 5 nitrogen and oxygen atoms in total. The lowest BCUT2D eigenvalue weighted by molar-refractivity contribution is 0.804. The third kappa shape index (κ3) is 2.20. The van der Waals surface area contributed by atoms with E-state index in [4.69, 9.17) is 0 Å². The molecule has 0 spiro atoms. The summed E-state index contributed by atoms with van der Waals surface area (Å²) in [5, 5.41) is 8.78. The molecule has 3 aromatic rings. The first kappa shape index (κ1) is 12.2. The Balaban J connectivity index is 0.000000574. The second kappa shape index (κ2) is 5.35. The van der Waals surface area contributed by atoms with Gasteiger partial charge in [-0.2, -0.15) is 0 Å². The molecular formula is C13H15N5. The predicted molar refractivity (Wildman–Crippen MR) is 70.5 cm³/mol. The molecular weight excluding hydrogens is 226 g/mol. The van der Waals surface area contributed by atoms with E-state index in [1.165, 1.54) is 0 Å². The van der Waals surface area contributed by atoms with E-state index in [9.17, 15) is 0 Å². The second-order valence-corrected chi connectivity index (χ2v) is 3.51. The summed E-state index contributed by atoms with van der Waals surface area (Å²) in [6.45, 7) is 5.97. The van der Waals surface area contributed by atoms with Gasteiger partial charge in [0.15, 0.2) is 0 Å². The van der Waals surface area contributed by atoms with Gasteiger partial charge in [-0.1, -0.05) is 19.1 Å². The third-order valence-electron chi connectivity index (χ3n) is 2.51. The van der Waals surface area contributed by atoms with Gasteiger partial charge in [0.05, 0.1) is 23.6 Å². The van der Waals surface area contributed by atoms with Crippen molar-refractivity contribution in [3.8, 4) is 5.69 Å². The molecule has 0 saturated carbocycles. The van der Waals surface area contributed by atoms with Crippen LogP contribution < -0.4 is 0 Å². The molecule has 0 aliphatic carbocycles. The van der Waals surface area contributed by atoms with E-state index in [0.29, 0.717) is 0 Å². The summed E-state index contributed by atoms with van der Waals surface area (Å²) in [6.07, 6.45) is 5.02. The number of hydrogen-bond acceptors (Lipinski definition) is 4. The summed E-state index contributed by atoms with van der Waals surface area (Å²) in [4.78, 5) is 8.39. The summed E-state index contributed by atoms with van der Waals surface area (Å²) >= 11 is 0. The van der Waals surface area contributed by atoms with Crippen molar-refractivity contribution < 1.29 is 0 Å². The second-order valence-electron chi connectivity index (χ2n) is 3.51. The van der Waals surface area contributed by atoms with Crippen molar-refractivity contribution in [2.24, 2.45) is 0 Å². The normalized spacial score (nSPS) is 9.94. The Labute approximate surface area is 106 Å². The fraction of sp³-hybridized carbons (Fsp3) is 0.231. The fourth-order valence-electron chi connectivity index (χ4n) is 1.67. The Bertz CT molecular complexity index is 631. The minimum Gasteiger partial charge on any atom is -0.241 e. The number of aryl methyl sites for hydroxylation is 1. The van der Waals surface area contributed by atoms with Gasteiger partial charge in [-0.05, 0) is 25.1 Å². The van der Waals surface area contributed by atoms with Crippen LogP contribution in [-0.2, 0) is 0 Å². The van der Waals surface area contributed by atoms with Gasteiger partial charge in [0.2, 0.25) is 0 Å². The number of fused-ring (bicyclic) bond motifs is 1. The maximum Gasteiger partial charge on any atom is 0.116 e. The van der Waals surface area contributed by atoms with Gasteiger partial charge in [-0.25, -0.2) is 14.6 Å². The van der Waals surface area contributed by atoms with Crippen LogP contribution >= 0.6 is 0 Å². The van der Waals surface area contributed by atoms with Crippen LogP contribution in [0.1, 0.15) is 19.5 Å². The number of rotatable bonds is 1. The lowest BCUT2D eigenvalue weighted by Crippen LogP contribution is -1.96. The standard InChI is InChI=1S/C11H9N5.C2H6/c1-8-10-3-2-9(16-5-4-14-15-16)6-11(10)13-7-12-8;1-2/h2-7H,1H3;1-2H3. The highest BCUT2D eigenvalue weighted by Gasteiger charge is 2.02. The van der Waals surface area contributed by atoms with Crippen LogP contribution in [0.25, 0.3) is 16.6 Å². The van der Waals surface area contributed by atoms with Crippen molar-refractivity contribution in [2.75, 3.05) is 0 Å². The van der Waals surface area contributed by atoms with Gasteiger partial charge in [0.25, 0.3) is 0 Å².